The summed E-state index contributed by atoms with van der Waals surface area (Å²) in [6.45, 7) is 17.6. The molecule has 490 valence electrons. The molecule has 7 rings (SSSR count). The number of nitrogen functional groups attached to an aromatic ring is 1. The molecule has 4 heterocycles. The van der Waals surface area contributed by atoms with Gasteiger partial charge in [0.1, 0.15) is 65.7 Å². The molecule has 7 N–H and O–H groups in total. The van der Waals surface area contributed by atoms with Crippen LogP contribution in [0.15, 0.2) is 21.3 Å². The van der Waals surface area contributed by atoms with Crippen molar-refractivity contribution in [2.75, 3.05) is 60.1 Å². The molecule has 28 heteroatoms. The van der Waals surface area contributed by atoms with E-state index >= 15 is 0 Å². The van der Waals surface area contributed by atoms with Crippen molar-refractivity contribution in [3.05, 3.63) is 44.6 Å². The highest BCUT2D eigenvalue weighted by molar-refractivity contribution is 6.11. The van der Waals surface area contributed by atoms with Gasteiger partial charge < -0.3 is 70.7 Å². The smallest absolute Gasteiger partial charge is 0.329 e. The molecule has 0 aromatic heterocycles. The van der Waals surface area contributed by atoms with E-state index in [2.05, 4.69) is 16.0 Å². The fourth-order valence-electron chi connectivity index (χ4n) is 12.1. The van der Waals surface area contributed by atoms with Gasteiger partial charge in [0.05, 0.1) is 35.9 Å². The number of nitrogens with zero attached hydrogens (tertiary/aromatic N) is 7. The highest BCUT2D eigenvalue weighted by atomic mass is 16.6. The summed E-state index contributed by atoms with van der Waals surface area (Å²) in [6.07, 6.45) is -1.42. The van der Waals surface area contributed by atoms with Gasteiger partial charge >= 0.3 is 11.9 Å². The number of fused-ring (bicyclic) bond motifs is 3. The Kier molecular flexibility index (Phi) is 21.2. The van der Waals surface area contributed by atoms with Crippen LogP contribution in [0.2, 0.25) is 0 Å². The van der Waals surface area contributed by atoms with Crippen LogP contribution in [0.25, 0.3) is 22.6 Å². The van der Waals surface area contributed by atoms with Crippen molar-refractivity contribution in [3.8, 4) is 11.5 Å². The average molecular weight is 1260 g/mol. The number of amides is 9. The van der Waals surface area contributed by atoms with Crippen LogP contribution in [0.3, 0.4) is 0 Å². The third kappa shape index (κ3) is 13.8. The minimum Gasteiger partial charge on any atom is -0.458 e. The van der Waals surface area contributed by atoms with Crippen molar-refractivity contribution in [2.24, 2.45) is 29.4 Å². The van der Waals surface area contributed by atoms with E-state index < -0.39 is 173 Å². The van der Waals surface area contributed by atoms with E-state index in [1.165, 1.54) is 73.8 Å². The van der Waals surface area contributed by atoms with Gasteiger partial charge in [-0.15, -0.1) is 0 Å². The molecular weight excluding hydrogens is 1170 g/mol. The molecule has 3 saturated heterocycles. The Hall–Kier alpha value is -8.56. The minimum atomic E-state index is -1.76. The van der Waals surface area contributed by atoms with Gasteiger partial charge in [-0.05, 0) is 81.8 Å². The monoisotopic (exact) mass is 1250 g/mol. The van der Waals surface area contributed by atoms with Crippen LogP contribution in [0, 0.1) is 37.5 Å². The second kappa shape index (κ2) is 27.7. The summed E-state index contributed by atoms with van der Waals surface area (Å²) >= 11 is 0. The first-order valence-corrected chi connectivity index (χ1v) is 30.5. The molecule has 1 saturated carbocycles. The molecular formula is C62H86N12O16. The third-order valence-electron chi connectivity index (χ3n) is 17.6. The molecule has 0 bridgehead atoms. The van der Waals surface area contributed by atoms with Gasteiger partial charge in [0.25, 0.3) is 11.8 Å². The first kappa shape index (κ1) is 68.9. The SMILES string of the molecule is Cc1c2oc3c(C)ccc(C(=O)N[C@@H]4C(=O)NC(C(C)C)C(=O)N5CCC[C@H]5C(=O)N(C)CC(=O)N(C)C(C(C)C)C(=O)O[C@H]4C)c3nc-2c(C(=O)N[C@@H]2C(=O)C[C@@H]2OC(=O)C(C(C)C)N(C)C(=O)CN(C)C(=O)[C@@H]2CCCN2C(=O)C(N)C(C)C)c(N)c1=O. The van der Waals surface area contributed by atoms with Gasteiger partial charge in [-0.2, -0.15) is 0 Å². The number of ketones is 1. The quantitative estimate of drug-likeness (QED) is 0.0786. The van der Waals surface area contributed by atoms with E-state index in [1.807, 2.05) is 0 Å². The summed E-state index contributed by atoms with van der Waals surface area (Å²) in [7, 11) is 5.59. The Morgan fingerprint density at radius 1 is 0.844 bits per heavy atom. The zero-order valence-electron chi connectivity index (χ0n) is 53.9. The van der Waals surface area contributed by atoms with Crippen molar-refractivity contribution in [2.45, 2.75) is 169 Å². The zero-order chi connectivity index (χ0) is 67.0. The Bertz CT molecular complexity index is 3420. The fraction of sp³-hybridized carbons (Fsp3) is 0.613. The summed E-state index contributed by atoms with van der Waals surface area (Å²) in [4.78, 5) is 195. The summed E-state index contributed by atoms with van der Waals surface area (Å²) < 4.78 is 18.1. The maximum Gasteiger partial charge on any atom is 0.329 e. The number of rotatable bonds is 15. The predicted octanol–water partition coefficient (Wildman–Crippen LogP) is 0.507. The third-order valence-corrected chi connectivity index (χ3v) is 17.6. The molecule has 1 aromatic rings. The lowest BCUT2D eigenvalue weighted by Gasteiger charge is -2.38. The largest absolute Gasteiger partial charge is 0.458 e. The number of likely N-dealkylation sites (tertiary alicyclic amines) is 1. The van der Waals surface area contributed by atoms with E-state index in [-0.39, 0.29) is 58.5 Å². The van der Waals surface area contributed by atoms with Crippen molar-refractivity contribution in [1.29, 1.82) is 0 Å². The molecule has 4 unspecified atom stereocenters. The van der Waals surface area contributed by atoms with Crippen molar-refractivity contribution >= 4 is 87.7 Å². The van der Waals surface area contributed by atoms with Crippen LogP contribution in [0.1, 0.15) is 126 Å². The van der Waals surface area contributed by atoms with Crippen LogP contribution in [0.5, 0.6) is 0 Å². The number of ether oxygens (including phenoxy) is 2. The van der Waals surface area contributed by atoms with E-state index in [4.69, 9.17) is 30.3 Å². The van der Waals surface area contributed by atoms with Crippen molar-refractivity contribution in [1.82, 2.24) is 50.3 Å². The normalized spacial score (nSPS) is 23.7. The Labute approximate surface area is 522 Å². The number of likely N-dealkylation sites (N-methyl/N-ethyl adjacent to an activating group) is 4. The molecule has 2 aliphatic carbocycles. The van der Waals surface area contributed by atoms with Crippen LogP contribution in [0.4, 0.5) is 5.69 Å². The number of Topliss-reactive ketones (excluding diaryl/α,β-unsaturated/α-hetero) is 1. The van der Waals surface area contributed by atoms with Gasteiger partial charge in [0, 0.05) is 53.3 Å². The number of carbonyl (C=O) groups excluding carboxylic acids is 12. The number of aryl methyl sites for hydroxylation is 1. The number of hydrogen-bond acceptors (Lipinski definition) is 19. The molecule has 6 aliphatic rings. The number of nitrogens with two attached hydrogens (primary N) is 2. The van der Waals surface area contributed by atoms with E-state index in [1.54, 1.807) is 62.3 Å². The van der Waals surface area contributed by atoms with Gasteiger partial charge in [-0.1, -0.05) is 61.5 Å². The average Bonchev–Trinajstić information content (AvgIpc) is 0.924. The first-order chi connectivity index (χ1) is 42.1. The molecule has 10 atom stereocenters. The second-order valence-corrected chi connectivity index (χ2v) is 25.6. The molecule has 4 fully saturated rings. The molecule has 4 aliphatic heterocycles. The van der Waals surface area contributed by atoms with E-state index in [9.17, 15) is 62.3 Å². The lowest BCUT2D eigenvalue weighted by atomic mass is 9.86. The molecule has 28 nitrogen and oxygen atoms in total. The fourth-order valence-corrected chi connectivity index (χ4v) is 12.1. The van der Waals surface area contributed by atoms with Crippen LogP contribution < -0.4 is 32.8 Å². The summed E-state index contributed by atoms with van der Waals surface area (Å²) in [6, 6.07) is -6.74. The summed E-state index contributed by atoms with van der Waals surface area (Å²) in [5.41, 5.74) is 10.00. The Morgan fingerprint density at radius 3 is 2.10 bits per heavy atom. The number of aromatic nitrogens is 1. The van der Waals surface area contributed by atoms with E-state index in [0.29, 0.717) is 37.8 Å². The van der Waals surface area contributed by atoms with Crippen molar-refractivity contribution in [3.63, 3.8) is 0 Å². The number of esters is 2. The number of carbonyl (C=O) groups is 12. The topological polar surface area (TPSA) is 374 Å². The van der Waals surface area contributed by atoms with Crippen LogP contribution in [-0.4, -0.2) is 220 Å². The number of cyclic esters (lactones) is 1. The zero-order valence-corrected chi connectivity index (χ0v) is 53.9. The molecule has 0 spiro atoms. The van der Waals surface area contributed by atoms with E-state index in [0.717, 1.165) is 9.80 Å². The van der Waals surface area contributed by atoms with Crippen LogP contribution in [-0.2, 0) is 57.4 Å². The second-order valence-electron chi connectivity index (χ2n) is 25.6. The van der Waals surface area contributed by atoms with Crippen molar-refractivity contribution < 1.29 is 71.4 Å². The Morgan fingerprint density at radius 2 is 1.49 bits per heavy atom. The summed E-state index contributed by atoms with van der Waals surface area (Å²) in [5.74, 6) is -10.8. The maximum atomic E-state index is 14.9. The number of hydrogen-bond donors (Lipinski definition) is 5. The van der Waals surface area contributed by atoms with Gasteiger partial charge in [0.2, 0.25) is 46.8 Å². The number of nitrogens with one attached hydrogen (secondary N) is 3. The molecule has 0 radical (unpaired) electrons. The predicted molar refractivity (Wildman–Crippen MR) is 325 cm³/mol. The number of benzene rings is 2. The Balaban J connectivity index is 1.16. The highest BCUT2D eigenvalue weighted by Gasteiger charge is 2.48. The first-order valence-electron chi connectivity index (χ1n) is 30.5. The van der Waals surface area contributed by atoms with Gasteiger partial charge in [-0.3, -0.25) is 52.7 Å². The molecule has 9 amide bonds. The standard InChI is InChI=1S/C62H86N12O16/c1-27(2)42(63)59(84)73-22-16-18-35(73)57(82)69(12)26-40(77)72(15)50(30(7)8)62(87)89-38-24-37(75)47(38)68-55(80)41-43(64)51(78)32(10)53-48(41)65-46-34(21-20-31(9)52(46)90-53)54(79)67-45-33(11)88-61(86)49(29(5)6)71(14)39(76)25-70(13)58(83)36-19-17-23-74(36)60(85)44(28(3)4)66-56(45)81/h20-21,27-30,33,35-36,38,42,44-45,47,49-50H,16-19,22-26,63-64H2,1-15H3,(H,66,81)(H,67,79)(H,68,80)/t33-,35-,36-,38-,42?,44?,45-,47+,49?,50?/m0/s1. The molecule has 90 heavy (non-hydrogen) atoms. The molecule has 1 aromatic carbocycles. The van der Waals surface area contributed by atoms with Crippen LogP contribution >= 0.6 is 0 Å². The minimum absolute atomic E-state index is 0.0456. The maximum absolute atomic E-state index is 14.9. The lowest BCUT2D eigenvalue weighted by Crippen LogP contribution is -2.61. The summed E-state index contributed by atoms with van der Waals surface area (Å²) in [5, 5.41) is 7.92. The van der Waals surface area contributed by atoms with Gasteiger partial charge in [0.15, 0.2) is 17.1 Å². The highest BCUT2D eigenvalue weighted by Crippen LogP contribution is 2.36. The van der Waals surface area contributed by atoms with Gasteiger partial charge in [-0.25, -0.2) is 14.6 Å². The number of anilines is 1. The lowest BCUT2D eigenvalue weighted by molar-refractivity contribution is -0.168.